The van der Waals surface area contributed by atoms with Gasteiger partial charge in [0.2, 0.25) is 0 Å². The number of hydrazone groups is 1. The van der Waals surface area contributed by atoms with Crippen LogP contribution in [0, 0.1) is 10.1 Å². The molecule has 0 aliphatic carbocycles. The van der Waals surface area contributed by atoms with Gasteiger partial charge in [0.05, 0.1) is 11.1 Å². The van der Waals surface area contributed by atoms with Gasteiger partial charge in [-0.05, 0) is 11.6 Å². The van der Waals surface area contributed by atoms with Crippen LogP contribution < -0.4 is 10.7 Å². The van der Waals surface area contributed by atoms with E-state index < -0.39 is 16.7 Å². The van der Waals surface area contributed by atoms with E-state index in [1.54, 1.807) is 30.6 Å². The van der Waals surface area contributed by atoms with Gasteiger partial charge in [0.1, 0.15) is 0 Å². The highest BCUT2D eigenvalue weighted by Gasteiger charge is 2.12. The molecule has 0 atom stereocenters. The van der Waals surface area contributed by atoms with Crippen LogP contribution in [0.4, 0.5) is 5.69 Å². The van der Waals surface area contributed by atoms with E-state index in [0.29, 0.717) is 5.56 Å². The molecule has 0 spiro atoms. The quantitative estimate of drug-likeness (QED) is 0.363. The van der Waals surface area contributed by atoms with Crippen molar-refractivity contribution in [1.82, 2.24) is 15.7 Å². The fourth-order valence-electron chi connectivity index (χ4n) is 1.70. The van der Waals surface area contributed by atoms with Crippen LogP contribution in [-0.4, -0.2) is 27.9 Å². The predicted octanol–water partition coefficient (Wildman–Crippen LogP) is 0.756. The van der Waals surface area contributed by atoms with E-state index in [2.05, 4.69) is 15.4 Å². The van der Waals surface area contributed by atoms with E-state index in [1.807, 2.05) is 5.43 Å². The number of benzene rings is 1. The lowest BCUT2D eigenvalue weighted by atomic mass is 10.2. The van der Waals surface area contributed by atoms with Crippen LogP contribution in [0.1, 0.15) is 11.1 Å². The molecule has 2 N–H and O–H groups in total. The first-order chi connectivity index (χ1) is 11.6. The van der Waals surface area contributed by atoms with Gasteiger partial charge in [-0.1, -0.05) is 18.2 Å². The lowest BCUT2D eigenvalue weighted by Crippen LogP contribution is -2.37. The maximum atomic E-state index is 11.6. The lowest BCUT2D eigenvalue weighted by Gasteiger charge is -2.03. The van der Waals surface area contributed by atoms with Gasteiger partial charge in [-0.2, -0.15) is 5.10 Å². The standard InChI is InChI=1S/C15H13N5O4/c21-14(17-9-12-4-2-6-16-8-12)15(22)19-18-10-11-3-1-5-13(7-11)20(23)24/h1-8,10H,9H2,(H,17,21)(H,19,22). The summed E-state index contributed by atoms with van der Waals surface area (Å²) in [5.41, 5.74) is 3.12. The number of hydrogen-bond donors (Lipinski definition) is 2. The van der Waals surface area contributed by atoms with Crippen molar-refractivity contribution in [1.29, 1.82) is 0 Å². The molecule has 2 aromatic rings. The molecule has 0 aliphatic heterocycles. The molecule has 9 heteroatoms. The highest BCUT2D eigenvalue weighted by atomic mass is 16.6. The Morgan fingerprint density at radius 1 is 1.25 bits per heavy atom. The summed E-state index contributed by atoms with van der Waals surface area (Å²) in [5, 5.41) is 16.7. The average molecular weight is 327 g/mol. The third kappa shape index (κ3) is 4.98. The summed E-state index contributed by atoms with van der Waals surface area (Å²) in [4.78, 5) is 37.2. The van der Waals surface area contributed by atoms with Crippen molar-refractivity contribution in [3.63, 3.8) is 0 Å². The maximum absolute atomic E-state index is 11.6. The van der Waals surface area contributed by atoms with Crippen LogP contribution >= 0.6 is 0 Å². The summed E-state index contributed by atoms with van der Waals surface area (Å²) >= 11 is 0. The molecule has 2 amide bonds. The van der Waals surface area contributed by atoms with E-state index in [0.717, 1.165) is 5.56 Å². The molecule has 2 rings (SSSR count). The van der Waals surface area contributed by atoms with Crippen molar-refractivity contribution >= 4 is 23.7 Å². The van der Waals surface area contributed by atoms with Crippen molar-refractivity contribution in [3.05, 3.63) is 70.0 Å². The molecule has 0 unspecified atom stereocenters. The summed E-state index contributed by atoms with van der Waals surface area (Å²) in [5.74, 6) is -1.80. The summed E-state index contributed by atoms with van der Waals surface area (Å²) in [6, 6.07) is 9.16. The second kappa shape index (κ2) is 8.13. The number of hydrogen-bond acceptors (Lipinski definition) is 6. The highest BCUT2D eigenvalue weighted by Crippen LogP contribution is 2.11. The molecular formula is C15H13N5O4. The molecule has 0 saturated heterocycles. The normalized spacial score (nSPS) is 10.3. The van der Waals surface area contributed by atoms with Gasteiger partial charge >= 0.3 is 11.8 Å². The fraction of sp³-hybridized carbons (Fsp3) is 0.0667. The second-order valence-electron chi connectivity index (χ2n) is 4.60. The Labute approximate surface area is 136 Å². The van der Waals surface area contributed by atoms with E-state index in [-0.39, 0.29) is 12.2 Å². The van der Waals surface area contributed by atoms with E-state index >= 15 is 0 Å². The number of carbonyl (C=O) groups is 2. The fourth-order valence-corrected chi connectivity index (χ4v) is 1.70. The topological polar surface area (TPSA) is 127 Å². The molecule has 1 aromatic heterocycles. The largest absolute Gasteiger partial charge is 0.344 e. The first-order valence-corrected chi connectivity index (χ1v) is 6.81. The molecule has 0 bridgehead atoms. The Hall–Kier alpha value is -3.62. The third-order valence-corrected chi connectivity index (χ3v) is 2.84. The van der Waals surface area contributed by atoms with Crippen molar-refractivity contribution in [3.8, 4) is 0 Å². The number of nitrogens with one attached hydrogen (secondary N) is 2. The molecule has 0 saturated carbocycles. The minimum Gasteiger partial charge on any atom is -0.344 e. The average Bonchev–Trinajstić information content (AvgIpc) is 2.60. The predicted molar refractivity (Wildman–Crippen MR) is 84.9 cm³/mol. The third-order valence-electron chi connectivity index (χ3n) is 2.84. The number of pyridine rings is 1. The SMILES string of the molecule is O=C(NCc1cccnc1)C(=O)NN=Cc1cccc([N+](=O)[O-])c1. The zero-order valence-corrected chi connectivity index (χ0v) is 12.4. The van der Waals surface area contributed by atoms with Crippen LogP contribution in [0.2, 0.25) is 0 Å². The highest BCUT2D eigenvalue weighted by molar-refractivity contribution is 6.35. The number of rotatable bonds is 5. The molecule has 1 heterocycles. The number of nitro groups is 1. The summed E-state index contributed by atoms with van der Waals surface area (Å²) in [6.45, 7) is 0.161. The number of carbonyl (C=O) groups excluding carboxylic acids is 2. The van der Waals surface area contributed by atoms with E-state index in [1.165, 1.54) is 24.4 Å². The van der Waals surface area contributed by atoms with Gasteiger partial charge in [0.25, 0.3) is 5.69 Å². The van der Waals surface area contributed by atoms with Gasteiger partial charge < -0.3 is 5.32 Å². The van der Waals surface area contributed by atoms with Crippen LogP contribution in [0.5, 0.6) is 0 Å². The zero-order valence-electron chi connectivity index (χ0n) is 12.4. The number of nitrogens with zero attached hydrogens (tertiary/aromatic N) is 3. The molecule has 0 fully saturated rings. The van der Waals surface area contributed by atoms with Crippen LogP contribution in [0.3, 0.4) is 0 Å². The van der Waals surface area contributed by atoms with Gasteiger partial charge in [0, 0.05) is 36.6 Å². The van der Waals surface area contributed by atoms with Gasteiger partial charge in [-0.25, -0.2) is 5.43 Å². The molecule has 0 aliphatic rings. The summed E-state index contributed by atoms with van der Waals surface area (Å²) < 4.78 is 0. The molecule has 24 heavy (non-hydrogen) atoms. The minimum atomic E-state index is -0.944. The van der Waals surface area contributed by atoms with Crippen molar-refractivity contribution in [2.75, 3.05) is 0 Å². The van der Waals surface area contributed by atoms with E-state index in [4.69, 9.17) is 0 Å². The second-order valence-corrected chi connectivity index (χ2v) is 4.60. The molecule has 0 radical (unpaired) electrons. The van der Waals surface area contributed by atoms with Crippen LogP contribution in [0.15, 0.2) is 53.9 Å². The smallest absolute Gasteiger partial charge is 0.329 e. The van der Waals surface area contributed by atoms with Gasteiger partial charge in [-0.15, -0.1) is 0 Å². The monoisotopic (exact) mass is 327 g/mol. The van der Waals surface area contributed by atoms with Gasteiger partial charge in [-0.3, -0.25) is 24.7 Å². The number of nitro benzene ring substituents is 1. The van der Waals surface area contributed by atoms with Crippen LogP contribution in [-0.2, 0) is 16.1 Å². The Morgan fingerprint density at radius 2 is 2.08 bits per heavy atom. The van der Waals surface area contributed by atoms with Crippen LogP contribution in [0.25, 0.3) is 0 Å². The number of non-ortho nitro benzene ring substituents is 1. The Morgan fingerprint density at radius 3 is 2.79 bits per heavy atom. The molecule has 9 nitrogen and oxygen atoms in total. The first-order valence-electron chi connectivity index (χ1n) is 6.81. The van der Waals surface area contributed by atoms with Crippen molar-refractivity contribution in [2.24, 2.45) is 5.10 Å². The number of aromatic nitrogens is 1. The molecule has 1 aromatic carbocycles. The Bertz CT molecular complexity index is 776. The van der Waals surface area contributed by atoms with Gasteiger partial charge in [0.15, 0.2) is 0 Å². The summed E-state index contributed by atoms with van der Waals surface area (Å²) in [7, 11) is 0. The van der Waals surface area contributed by atoms with Crippen molar-refractivity contribution in [2.45, 2.75) is 6.54 Å². The Balaban J connectivity index is 1.84. The first kappa shape index (κ1) is 16.7. The number of amides is 2. The van der Waals surface area contributed by atoms with Crippen molar-refractivity contribution < 1.29 is 14.5 Å². The summed E-state index contributed by atoms with van der Waals surface area (Å²) in [6.07, 6.45) is 4.37. The molecular weight excluding hydrogens is 314 g/mol. The minimum absolute atomic E-state index is 0.0977. The lowest BCUT2D eigenvalue weighted by molar-refractivity contribution is -0.384. The maximum Gasteiger partial charge on any atom is 0.329 e. The Kier molecular flexibility index (Phi) is 5.67. The van der Waals surface area contributed by atoms with E-state index in [9.17, 15) is 19.7 Å². The zero-order chi connectivity index (χ0) is 17.4. The molecule has 122 valence electrons.